The van der Waals surface area contributed by atoms with E-state index in [0.717, 1.165) is 38.4 Å². The van der Waals surface area contributed by atoms with Crippen LogP contribution in [0.2, 0.25) is 0 Å². The third-order valence-corrected chi connectivity index (χ3v) is 2.79. The van der Waals surface area contributed by atoms with Crippen LogP contribution in [0.4, 0.5) is 0 Å². The summed E-state index contributed by atoms with van der Waals surface area (Å²) >= 11 is 0. The van der Waals surface area contributed by atoms with E-state index in [0.29, 0.717) is 0 Å². The van der Waals surface area contributed by atoms with Crippen molar-refractivity contribution in [2.45, 2.75) is 13.2 Å². The van der Waals surface area contributed by atoms with Crippen molar-refractivity contribution in [3.63, 3.8) is 0 Å². The first-order valence-electron chi connectivity index (χ1n) is 5.38. The number of aliphatic hydroxyl groups excluding tert-OH is 1. The number of benzene rings is 1. The van der Waals surface area contributed by atoms with Gasteiger partial charge in [0.25, 0.3) is 0 Å². The van der Waals surface area contributed by atoms with Crippen LogP contribution in [0.3, 0.4) is 0 Å². The van der Waals surface area contributed by atoms with Crippen molar-refractivity contribution in [2.24, 2.45) is 0 Å². The molecule has 0 unspecified atom stereocenters. The molecule has 0 aromatic heterocycles. The number of ether oxygens (including phenoxy) is 1. The van der Waals surface area contributed by atoms with Crippen molar-refractivity contribution in [3.8, 4) is 0 Å². The summed E-state index contributed by atoms with van der Waals surface area (Å²) in [5, 5.41) is 9.20. The third kappa shape index (κ3) is 3.46. The molecule has 4 heteroatoms. The molecular formula is C12H18ClNO2. The summed E-state index contributed by atoms with van der Waals surface area (Å²) in [6.45, 7) is 4.66. The minimum atomic E-state index is 0. The van der Waals surface area contributed by atoms with E-state index in [1.165, 1.54) is 5.56 Å². The maximum absolute atomic E-state index is 9.20. The summed E-state index contributed by atoms with van der Waals surface area (Å²) in [5.74, 6) is 0. The van der Waals surface area contributed by atoms with Gasteiger partial charge in [-0.05, 0) is 11.1 Å². The fourth-order valence-corrected chi connectivity index (χ4v) is 1.87. The fraction of sp³-hybridized carbons (Fsp3) is 0.500. The normalized spacial score (nSPS) is 16.8. The zero-order valence-corrected chi connectivity index (χ0v) is 10.1. The quantitative estimate of drug-likeness (QED) is 0.872. The molecule has 0 spiro atoms. The second kappa shape index (κ2) is 6.86. The van der Waals surface area contributed by atoms with E-state index < -0.39 is 0 Å². The van der Waals surface area contributed by atoms with E-state index in [-0.39, 0.29) is 19.0 Å². The molecule has 0 amide bonds. The van der Waals surface area contributed by atoms with Crippen LogP contribution in [-0.4, -0.2) is 36.3 Å². The van der Waals surface area contributed by atoms with Gasteiger partial charge < -0.3 is 9.84 Å². The van der Waals surface area contributed by atoms with Crippen LogP contribution in [0.25, 0.3) is 0 Å². The second-order valence-corrected chi connectivity index (χ2v) is 3.82. The van der Waals surface area contributed by atoms with Crippen LogP contribution in [0, 0.1) is 0 Å². The lowest BCUT2D eigenvalue weighted by atomic mass is 10.1. The van der Waals surface area contributed by atoms with Gasteiger partial charge in [0.15, 0.2) is 0 Å². The van der Waals surface area contributed by atoms with Crippen LogP contribution in [-0.2, 0) is 17.9 Å². The number of rotatable bonds is 3. The number of nitrogens with zero attached hydrogens (tertiary/aromatic N) is 1. The molecule has 0 atom stereocenters. The van der Waals surface area contributed by atoms with Gasteiger partial charge in [0, 0.05) is 19.6 Å². The number of morpholine rings is 1. The average Bonchev–Trinajstić information content (AvgIpc) is 2.31. The van der Waals surface area contributed by atoms with E-state index in [1.54, 1.807) is 0 Å². The van der Waals surface area contributed by atoms with Gasteiger partial charge in [-0.1, -0.05) is 24.3 Å². The minimum Gasteiger partial charge on any atom is -0.392 e. The lowest BCUT2D eigenvalue weighted by molar-refractivity contribution is 0.0339. The Morgan fingerprint density at radius 2 is 1.75 bits per heavy atom. The minimum absolute atomic E-state index is 0. The number of aliphatic hydroxyl groups is 1. The molecular weight excluding hydrogens is 226 g/mol. The zero-order chi connectivity index (χ0) is 10.5. The van der Waals surface area contributed by atoms with Crippen LogP contribution in [0.15, 0.2) is 24.3 Å². The van der Waals surface area contributed by atoms with Gasteiger partial charge in [0.05, 0.1) is 19.8 Å². The monoisotopic (exact) mass is 243 g/mol. The van der Waals surface area contributed by atoms with Gasteiger partial charge in [-0.25, -0.2) is 0 Å². The zero-order valence-electron chi connectivity index (χ0n) is 9.26. The van der Waals surface area contributed by atoms with Gasteiger partial charge in [0.1, 0.15) is 0 Å². The van der Waals surface area contributed by atoms with E-state index in [9.17, 15) is 5.11 Å². The SMILES string of the molecule is Cl.OCc1ccccc1CN1CCOCC1. The molecule has 0 saturated carbocycles. The predicted molar refractivity (Wildman–Crippen MR) is 65.7 cm³/mol. The Hall–Kier alpha value is -0.610. The lowest BCUT2D eigenvalue weighted by Crippen LogP contribution is -2.35. The molecule has 16 heavy (non-hydrogen) atoms. The molecule has 1 heterocycles. The molecule has 90 valence electrons. The molecule has 2 rings (SSSR count). The molecule has 0 radical (unpaired) electrons. The fourth-order valence-electron chi connectivity index (χ4n) is 1.87. The van der Waals surface area contributed by atoms with Crippen molar-refractivity contribution < 1.29 is 9.84 Å². The molecule has 3 nitrogen and oxygen atoms in total. The molecule has 1 saturated heterocycles. The number of hydrogen-bond acceptors (Lipinski definition) is 3. The topological polar surface area (TPSA) is 32.7 Å². The molecule has 1 N–H and O–H groups in total. The van der Waals surface area contributed by atoms with Gasteiger partial charge in [-0.3, -0.25) is 4.90 Å². The highest BCUT2D eigenvalue weighted by molar-refractivity contribution is 5.85. The molecule has 1 fully saturated rings. The molecule has 1 aromatic carbocycles. The summed E-state index contributed by atoms with van der Waals surface area (Å²) < 4.78 is 5.30. The van der Waals surface area contributed by atoms with Crippen LogP contribution in [0.1, 0.15) is 11.1 Å². The van der Waals surface area contributed by atoms with Gasteiger partial charge >= 0.3 is 0 Å². The molecule has 1 aliphatic heterocycles. The Kier molecular flexibility index (Phi) is 5.77. The lowest BCUT2D eigenvalue weighted by Gasteiger charge is -2.27. The number of hydrogen-bond donors (Lipinski definition) is 1. The van der Waals surface area contributed by atoms with Crippen LogP contribution in [0.5, 0.6) is 0 Å². The summed E-state index contributed by atoms with van der Waals surface area (Å²) in [4.78, 5) is 2.36. The highest BCUT2D eigenvalue weighted by Gasteiger charge is 2.11. The first-order chi connectivity index (χ1) is 7.40. The summed E-state index contributed by atoms with van der Waals surface area (Å²) in [5.41, 5.74) is 2.26. The predicted octanol–water partition coefficient (Wildman–Crippen LogP) is 1.43. The molecule has 1 aliphatic rings. The van der Waals surface area contributed by atoms with Crippen molar-refractivity contribution in [1.29, 1.82) is 0 Å². The van der Waals surface area contributed by atoms with Crippen molar-refractivity contribution in [2.75, 3.05) is 26.3 Å². The van der Waals surface area contributed by atoms with E-state index in [4.69, 9.17) is 4.74 Å². The van der Waals surface area contributed by atoms with Crippen molar-refractivity contribution in [1.82, 2.24) is 4.90 Å². The van der Waals surface area contributed by atoms with Gasteiger partial charge in [0.2, 0.25) is 0 Å². The highest BCUT2D eigenvalue weighted by Crippen LogP contribution is 2.12. The smallest absolute Gasteiger partial charge is 0.0685 e. The Morgan fingerprint density at radius 1 is 1.12 bits per heavy atom. The van der Waals surface area contributed by atoms with Crippen molar-refractivity contribution in [3.05, 3.63) is 35.4 Å². The highest BCUT2D eigenvalue weighted by atomic mass is 35.5. The first kappa shape index (κ1) is 13.5. The summed E-state index contributed by atoms with van der Waals surface area (Å²) in [7, 11) is 0. The van der Waals surface area contributed by atoms with E-state index in [2.05, 4.69) is 11.0 Å². The van der Waals surface area contributed by atoms with Gasteiger partial charge in [-0.2, -0.15) is 0 Å². The molecule has 0 aliphatic carbocycles. The largest absolute Gasteiger partial charge is 0.392 e. The third-order valence-electron chi connectivity index (χ3n) is 2.79. The maximum atomic E-state index is 9.20. The molecule has 0 bridgehead atoms. The van der Waals surface area contributed by atoms with E-state index >= 15 is 0 Å². The maximum Gasteiger partial charge on any atom is 0.0685 e. The standard InChI is InChI=1S/C12H17NO2.ClH/c14-10-12-4-2-1-3-11(12)9-13-5-7-15-8-6-13;/h1-4,14H,5-10H2;1H. The summed E-state index contributed by atoms with van der Waals surface area (Å²) in [6.07, 6.45) is 0. The average molecular weight is 244 g/mol. The van der Waals surface area contributed by atoms with E-state index in [1.807, 2.05) is 18.2 Å². The Labute approximate surface area is 102 Å². The Bertz CT molecular complexity index is 314. The Balaban J connectivity index is 0.00000128. The Morgan fingerprint density at radius 3 is 2.38 bits per heavy atom. The second-order valence-electron chi connectivity index (χ2n) is 3.82. The first-order valence-corrected chi connectivity index (χ1v) is 5.38. The summed E-state index contributed by atoms with van der Waals surface area (Å²) in [6, 6.07) is 8.06. The molecule has 1 aromatic rings. The van der Waals surface area contributed by atoms with Crippen molar-refractivity contribution >= 4 is 12.4 Å². The van der Waals surface area contributed by atoms with Crippen LogP contribution < -0.4 is 0 Å². The van der Waals surface area contributed by atoms with Crippen LogP contribution >= 0.6 is 12.4 Å². The number of halogens is 1. The van der Waals surface area contributed by atoms with Gasteiger partial charge in [-0.15, -0.1) is 12.4 Å².